The van der Waals surface area contributed by atoms with E-state index in [0.717, 1.165) is 12.4 Å². The van der Waals surface area contributed by atoms with E-state index in [9.17, 15) is 12.8 Å². The number of anilines is 1. The number of piperidine rings is 1. The second-order valence-electron chi connectivity index (χ2n) is 5.36. The Morgan fingerprint density at radius 2 is 2.00 bits per heavy atom. The third-order valence-electron chi connectivity index (χ3n) is 3.19. The van der Waals surface area contributed by atoms with E-state index < -0.39 is 21.1 Å². The van der Waals surface area contributed by atoms with E-state index in [1.165, 1.54) is 0 Å². The molecule has 2 rings (SSSR count). The molecular formula is C12H19FN4O3S. The number of hydrogen-bond donors (Lipinski definition) is 1. The van der Waals surface area contributed by atoms with Gasteiger partial charge in [-0.2, -0.15) is 0 Å². The Bertz CT molecular complexity index is 579. The molecule has 2 N–H and O–H groups in total. The summed E-state index contributed by atoms with van der Waals surface area (Å²) in [6.07, 6.45) is 2.08. The van der Waals surface area contributed by atoms with Gasteiger partial charge in [0, 0.05) is 13.1 Å². The minimum Gasteiger partial charge on any atom is -0.374 e. The Morgan fingerprint density at radius 3 is 2.52 bits per heavy atom. The van der Waals surface area contributed by atoms with Gasteiger partial charge in [0.05, 0.1) is 29.9 Å². The molecular weight excluding hydrogens is 299 g/mol. The Labute approximate surface area is 123 Å². The van der Waals surface area contributed by atoms with E-state index in [4.69, 9.17) is 9.88 Å². The lowest BCUT2D eigenvalue weighted by atomic mass is 10.1. The molecule has 0 radical (unpaired) electrons. The highest BCUT2D eigenvalue weighted by molar-refractivity contribution is 7.89. The van der Waals surface area contributed by atoms with Crippen molar-refractivity contribution in [2.75, 3.05) is 18.0 Å². The van der Waals surface area contributed by atoms with Crippen molar-refractivity contribution in [1.82, 2.24) is 9.97 Å². The number of ether oxygens (including phenoxy) is 1. The van der Waals surface area contributed by atoms with Crippen LogP contribution in [0.15, 0.2) is 12.4 Å². The molecule has 7 nitrogen and oxygen atoms in total. The lowest BCUT2D eigenvalue weighted by molar-refractivity contribution is 0.00144. The maximum Gasteiger partial charge on any atom is 0.225 e. The van der Waals surface area contributed by atoms with Crippen molar-refractivity contribution in [3.63, 3.8) is 0 Å². The fraction of sp³-hybridized carbons (Fsp3) is 0.667. The summed E-state index contributed by atoms with van der Waals surface area (Å²) < 4.78 is 41.9. The van der Waals surface area contributed by atoms with Gasteiger partial charge in [-0.25, -0.2) is 27.9 Å². The van der Waals surface area contributed by atoms with Gasteiger partial charge < -0.3 is 9.64 Å². The van der Waals surface area contributed by atoms with Gasteiger partial charge >= 0.3 is 0 Å². The highest BCUT2D eigenvalue weighted by Crippen LogP contribution is 2.22. The van der Waals surface area contributed by atoms with Crippen LogP contribution in [0.3, 0.4) is 0 Å². The highest BCUT2D eigenvalue weighted by Gasteiger charge is 2.35. The van der Waals surface area contributed by atoms with Gasteiger partial charge in [0.25, 0.3) is 0 Å². The monoisotopic (exact) mass is 318 g/mol. The zero-order valence-corrected chi connectivity index (χ0v) is 12.8. The molecule has 118 valence electrons. The average molecular weight is 318 g/mol. The first-order chi connectivity index (χ1) is 9.75. The standard InChI is InChI=1S/C12H19FN4O3S/c1-8(2)20-10-3-11(21(14,18)19)7-17(6-10)12-15-4-9(13)5-16-12/h4-5,8,10-11H,3,6-7H2,1-2H3,(H2,14,18,19)/t10-,11-/m1/s1. The third-order valence-corrected chi connectivity index (χ3v) is 4.46. The SMILES string of the molecule is CC(C)O[C@@H]1C[C@@H](S(N)(=O)=O)CN(c2ncc(F)cn2)C1. The summed E-state index contributed by atoms with van der Waals surface area (Å²) in [7, 11) is -3.69. The molecule has 1 aliphatic heterocycles. The lowest BCUT2D eigenvalue weighted by Gasteiger charge is -2.37. The van der Waals surface area contributed by atoms with Crippen LogP contribution in [0, 0.1) is 5.82 Å². The molecule has 21 heavy (non-hydrogen) atoms. The fourth-order valence-corrected chi connectivity index (χ4v) is 3.23. The van der Waals surface area contributed by atoms with Crippen LogP contribution in [-0.4, -0.2) is 48.9 Å². The molecule has 1 aliphatic rings. The Morgan fingerprint density at radius 1 is 1.38 bits per heavy atom. The van der Waals surface area contributed by atoms with Crippen molar-refractivity contribution in [2.24, 2.45) is 5.14 Å². The first-order valence-electron chi connectivity index (χ1n) is 6.65. The van der Waals surface area contributed by atoms with Gasteiger partial charge in [-0.3, -0.25) is 0 Å². The molecule has 0 aliphatic carbocycles. The van der Waals surface area contributed by atoms with Gasteiger partial charge in [0.15, 0.2) is 5.82 Å². The molecule has 0 unspecified atom stereocenters. The number of nitrogens with two attached hydrogens (primary N) is 1. The molecule has 0 bridgehead atoms. The summed E-state index contributed by atoms with van der Waals surface area (Å²) in [6, 6.07) is 0. The smallest absolute Gasteiger partial charge is 0.225 e. The molecule has 0 spiro atoms. The minimum atomic E-state index is -3.69. The number of halogens is 1. The van der Waals surface area contributed by atoms with Crippen molar-refractivity contribution in [2.45, 2.75) is 37.7 Å². The van der Waals surface area contributed by atoms with Crippen LogP contribution in [0.25, 0.3) is 0 Å². The number of primary sulfonamides is 1. The van der Waals surface area contributed by atoms with Gasteiger partial charge in [-0.15, -0.1) is 0 Å². The predicted octanol–water partition coefficient (Wildman–Crippen LogP) is 0.276. The zero-order chi connectivity index (χ0) is 15.6. The Balaban J connectivity index is 2.21. The van der Waals surface area contributed by atoms with Crippen LogP contribution in [0.1, 0.15) is 20.3 Å². The molecule has 2 atom stereocenters. The van der Waals surface area contributed by atoms with Crippen LogP contribution in [-0.2, 0) is 14.8 Å². The van der Waals surface area contributed by atoms with Gasteiger partial charge in [-0.05, 0) is 20.3 Å². The quantitative estimate of drug-likeness (QED) is 0.856. The first-order valence-corrected chi connectivity index (χ1v) is 8.26. The van der Waals surface area contributed by atoms with Crippen LogP contribution >= 0.6 is 0 Å². The number of aromatic nitrogens is 2. The van der Waals surface area contributed by atoms with E-state index in [1.54, 1.807) is 4.90 Å². The average Bonchev–Trinajstić information content (AvgIpc) is 2.37. The molecule has 0 saturated carbocycles. The second kappa shape index (κ2) is 6.20. The molecule has 1 saturated heterocycles. The highest BCUT2D eigenvalue weighted by atomic mass is 32.2. The van der Waals surface area contributed by atoms with Crippen molar-refractivity contribution in [3.05, 3.63) is 18.2 Å². The van der Waals surface area contributed by atoms with Gasteiger partial charge in [-0.1, -0.05) is 0 Å². The van der Waals surface area contributed by atoms with Crippen LogP contribution in [0.2, 0.25) is 0 Å². The normalized spacial score (nSPS) is 23.6. The van der Waals surface area contributed by atoms with E-state index in [-0.39, 0.29) is 24.7 Å². The molecule has 1 aromatic rings. The molecule has 9 heteroatoms. The number of rotatable bonds is 4. The molecule has 1 fully saturated rings. The van der Waals surface area contributed by atoms with E-state index in [2.05, 4.69) is 9.97 Å². The second-order valence-corrected chi connectivity index (χ2v) is 7.20. The predicted molar refractivity (Wildman–Crippen MR) is 75.7 cm³/mol. The minimum absolute atomic E-state index is 0.0368. The summed E-state index contributed by atoms with van der Waals surface area (Å²) in [5.74, 6) is -0.282. The van der Waals surface area contributed by atoms with E-state index in [1.807, 2.05) is 13.8 Å². The Hall–Kier alpha value is -1.32. The third kappa shape index (κ3) is 4.32. The molecule has 0 amide bonds. The number of hydrogen-bond acceptors (Lipinski definition) is 6. The van der Waals surface area contributed by atoms with E-state index in [0.29, 0.717) is 13.0 Å². The Kier molecular flexibility index (Phi) is 4.74. The lowest BCUT2D eigenvalue weighted by Crippen LogP contribution is -2.52. The van der Waals surface area contributed by atoms with Crippen molar-refractivity contribution in [1.29, 1.82) is 0 Å². The topological polar surface area (TPSA) is 98.4 Å². The summed E-state index contributed by atoms with van der Waals surface area (Å²) >= 11 is 0. The number of nitrogens with zero attached hydrogens (tertiary/aromatic N) is 3. The fourth-order valence-electron chi connectivity index (χ4n) is 2.36. The summed E-state index contributed by atoms with van der Waals surface area (Å²) in [5, 5.41) is 4.50. The molecule has 1 aromatic heterocycles. The van der Waals surface area contributed by atoms with Crippen molar-refractivity contribution >= 4 is 16.0 Å². The van der Waals surface area contributed by atoms with Crippen LogP contribution in [0.5, 0.6) is 0 Å². The maximum absolute atomic E-state index is 12.9. The molecule has 0 aromatic carbocycles. The van der Waals surface area contributed by atoms with Crippen LogP contribution in [0.4, 0.5) is 10.3 Å². The van der Waals surface area contributed by atoms with E-state index >= 15 is 0 Å². The summed E-state index contributed by atoms with van der Waals surface area (Å²) in [6.45, 7) is 4.36. The summed E-state index contributed by atoms with van der Waals surface area (Å²) in [5.41, 5.74) is 0. The maximum atomic E-state index is 12.9. The summed E-state index contributed by atoms with van der Waals surface area (Å²) in [4.78, 5) is 9.42. The zero-order valence-electron chi connectivity index (χ0n) is 11.9. The van der Waals surface area contributed by atoms with Crippen molar-refractivity contribution < 1.29 is 17.5 Å². The van der Waals surface area contributed by atoms with Gasteiger partial charge in [0.1, 0.15) is 0 Å². The van der Waals surface area contributed by atoms with Crippen molar-refractivity contribution in [3.8, 4) is 0 Å². The number of sulfonamides is 1. The first kappa shape index (κ1) is 16.1. The molecule has 2 heterocycles. The largest absolute Gasteiger partial charge is 0.374 e. The van der Waals surface area contributed by atoms with Crippen LogP contribution < -0.4 is 10.0 Å². The van der Waals surface area contributed by atoms with Gasteiger partial charge in [0.2, 0.25) is 16.0 Å².